The maximum absolute atomic E-state index is 11.4. The second-order valence-electron chi connectivity index (χ2n) is 5.40. The Kier molecular flexibility index (Phi) is 5.20. The third-order valence-corrected chi connectivity index (χ3v) is 4.05. The van der Waals surface area contributed by atoms with Gasteiger partial charge in [0.15, 0.2) is 0 Å². The summed E-state index contributed by atoms with van der Waals surface area (Å²) in [6.07, 6.45) is 2.64. The molecular formula is C15H24N2O3. The number of carbonyl (C=O) groups is 1. The van der Waals surface area contributed by atoms with E-state index >= 15 is 0 Å². The summed E-state index contributed by atoms with van der Waals surface area (Å²) >= 11 is 0. The average molecular weight is 280 g/mol. The molecule has 20 heavy (non-hydrogen) atoms. The predicted octanol–water partition coefficient (Wildman–Crippen LogP) is 2.15. The van der Waals surface area contributed by atoms with E-state index in [0.29, 0.717) is 0 Å². The van der Waals surface area contributed by atoms with Crippen LogP contribution in [-0.2, 0) is 4.74 Å². The van der Waals surface area contributed by atoms with Crippen LogP contribution in [0.5, 0.6) is 0 Å². The lowest BCUT2D eigenvalue weighted by Gasteiger charge is -2.25. The normalized spacial score (nSPS) is 17.6. The minimum Gasteiger partial charge on any atom is -0.463 e. The van der Waals surface area contributed by atoms with E-state index in [1.54, 1.807) is 6.07 Å². The Balaban J connectivity index is 1.87. The highest BCUT2D eigenvalue weighted by Crippen LogP contribution is 2.21. The van der Waals surface area contributed by atoms with Crippen molar-refractivity contribution in [3.05, 3.63) is 23.7 Å². The van der Waals surface area contributed by atoms with E-state index in [2.05, 4.69) is 28.5 Å². The van der Waals surface area contributed by atoms with Gasteiger partial charge in [-0.3, -0.25) is 4.90 Å². The predicted molar refractivity (Wildman–Crippen MR) is 76.8 cm³/mol. The summed E-state index contributed by atoms with van der Waals surface area (Å²) in [5.74, 6) is 0.639. The fraction of sp³-hybridized carbons (Fsp3) is 0.667. The quantitative estimate of drug-likeness (QED) is 0.747. The molecule has 1 aromatic heterocycles. The summed E-state index contributed by atoms with van der Waals surface area (Å²) in [5, 5.41) is 0. The number of carbonyl (C=O) groups excluding carboxylic acids is 1. The fourth-order valence-electron chi connectivity index (χ4n) is 2.50. The Morgan fingerprint density at radius 3 is 2.80 bits per heavy atom. The average Bonchev–Trinajstić information content (AvgIpc) is 3.13. The van der Waals surface area contributed by atoms with Gasteiger partial charge in [0.05, 0.1) is 13.2 Å². The van der Waals surface area contributed by atoms with Crippen molar-refractivity contribution in [2.45, 2.75) is 25.8 Å². The van der Waals surface area contributed by atoms with E-state index in [9.17, 15) is 4.79 Å². The third kappa shape index (κ3) is 3.61. The van der Waals surface area contributed by atoms with Gasteiger partial charge >= 0.3 is 5.97 Å². The number of hydrogen-bond donors (Lipinski definition) is 0. The van der Waals surface area contributed by atoms with Crippen molar-refractivity contribution in [1.82, 2.24) is 9.80 Å². The molecule has 0 spiro atoms. The summed E-state index contributed by atoms with van der Waals surface area (Å²) in [7, 11) is 3.44. The smallest absolute Gasteiger partial charge is 0.373 e. The molecule has 0 N–H and O–H groups in total. The number of likely N-dealkylation sites (tertiary alicyclic amines) is 1. The molecule has 1 unspecified atom stereocenters. The van der Waals surface area contributed by atoms with Gasteiger partial charge < -0.3 is 14.1 Å². The molecule has 1 saturated heterocycles. The molecule has 0 radical (unpaired) electrons. The molecule has 0 bridgehead atoms. The molecule has 0 aliphatic carbocycles. The number of ether oxygens (including phenoxy) is 1. The largest absolute Gasteiger partial charge is 0.463 e. The topological polar surface area (TPSA) is 45.9 Å². The highest BCUT2D eigenvalue weighted by atomic mass is 16.5. The minimum atomic E-state index is -0.428. The van der Waals surface area contributed by atoms with Crippen LogP contribution in [0.4, 0.5) is 0 Å². The molecule has 5 nitrogen and oxygen atoms in total. The number of furan rings is 1. The second-order valence-corrected chi connectivity index (χ2v) is 5.40. The first-order valence-corrected chi connectivity index (χ1v) is 7.22. The monoisotopic (exact) mass is 280 g/mol. The molecule has 112 valence electrons. The summed E-state index contributed by atoms with van der Waals surface area (Å²) in [6, 6.07) is 3.67. The van der Waals surface area contributed by atoms with Crippen LogP contribution in [0.25, 0.3) is 0 Å². The number of likely N-dealkylation sites (N-methyl/N-ethyl adjacent to an activating group) is 1. The lowest BCUT2D eigenvalue weighted by Crippen LogP contribution is -2.32. The van der Waals surface area contributed by atoms with E-state index in [0.717, 1.165) is 18.8 Å². The van der Waals surface area contributed by atoms with Gasteiger partial charge in [-0.1, -0.05) is 0 Å². The number of nitrogens with zero attached hydrogens (tertiary/aromatic N) is 2. The van der Waals surface area contributed by atoms with Crippen molar-refractivity contribution in [3.63, 3.8) is 0 Å². The Hall–Kier alpha value is -1.33. The van der Waals surface area contributed by atoms with Gasteiger partial charge in [-0.05, 0) is 52.0 Å². The van der Waals surface area contributed by atoms with Crippen molar-refractivity contribution in [2.75, 3.05) is 40.3 Å². The van der Waals surface area contributed by atoms with Crippen molar-refractivity contribution in [1.29, 1.82) is 0 Å². The molecule has 5 heteroatoms. The van der Waals surface area contributed by atoms with Gasteiger partial charge in [-0.2, -0.15) is 0 Å². The molecular weight excluding hydrogens is 256 g/mol. The Bertz CT molecular complexity index is 438. The summed E-state index contributed by atoms with van der Waals surface area (Å²) in [4.78, 5) is 16.1. The van der Waals surface area contributed by atoms with Crippen LogP contribution >= 0.6 is 0 Å². The van der Waals surface area contributed by atoms with Crippen LogP contribution < -0.4 is 0 Å². The molecule has 2 rings (SSSR count). The molecule has 2 heterocycles. The number of methoxy groups -OCH3 is 1. The number of rotatable bonds is 6. The Morgan fingerprint density at radius 2 is 2.15 bits per heavy atom. The van der Waals surface area contributed by atoms with Crippen molar-refractivity contribution in [3.8, 4) is 0 Å². The number of hydrogen-bond acceptors (Lipinski definition) is 5. The first kappa shape index (κ1) is 15.1. The van der Waals surface area contributed by atoms with Gasteiger partial charge in [0.2, 0.25) is 5.76 Å². The first-order valence-electron chi connectivity index (χ1n) is 7.22. The molecule has 1 aliphatic heterocycles. The minimum absolute atomic E-state index is 0.149. The van der Waals surface area contributed by atoms with Crippen molar-refractivity contribution in [2.24, 2.45) is 0 Å². The first-order chi connectivity index (χ1) is 9.61. The molecule has 1 aliphatic rings. The molecule has 1 atom stereocenters. The third-order valence-electron chi connectivity index (χ3n) is 4.05. The molecule has 1 aromatic rings. The lowest BCUT2D eigenvalue weighted by atomic mass is 10.2. The Labute approximate surface area is 120 Å². The van der Waals surface area contributed by atoms with Crippen LogP contribution in [0.3, 0.4) is 0 Å². The van der Waals surface area contributed by atoms with Gasteiger partial charge in [0.1, 0.15) is 5.76 Å². The van der Waals surface area contributed by atoms with Crippen LogP contribution in [0, 0.1) is 0 Å². The Morgan fingerprint density at radius 1 is 1.45 bits per heavy atom. The molecule has 0 amide bonds. The summed E-state index contributed by atoms with van der Waals surface area (Å²) < 4.78 is 10.2. The second kappa shape index (κ2) is 6.90. The van der Waals surface area contributed by atoms with E-state index in [-0.39, 0.29) is 11.8 Å². The van der Waals surface area contributed by atoms with Crippen LogP contribution in [0.2, 0.25) is 0 Å². The van der Waals surface area contributed by atoms with E-state index in [4.69, 9.17) is 4.42 Å². The molecule has 0 saturated carbocycles. The lowest BCUT2D eigenvalue weighted by molar-refractivity contribution is 0.0559. The number of esters is 1. The van der Waals surface area contributed by atoms with Crippen LogP contribution in [0.1, 0.15) is 42.1 Å². The van der Waals surface area contributed by atoms with Crippen molar-refractivity contribution < 1.29 is 13.9 Å². The molecule has 1 fully saturated rings. The van der Waals surface area contributed by atoms with E-state index in [1.165, 1.54) is 33.0 Å². The maximum Gasteiger partial charge on any atom is 0.373 e. The van der Waals surface area contributed by atoms with Crippen LogP contribution in [0.15, 0.2) is 16.5 Å². The van der Waals surface area contributed by atoms with Gasteiger partial charge in [0, 0.05) is 13.1 Å². The SMILES string of the molecule is COC(=O)c1ccc(C(C)N(C)CCN2CCCC2)o1. The fourth-order valence-corrected chi connectivity index (χ4v) is 2.50. The standard InChI is InChI=1S/C15H24N2O3/c1-12(13-6-7-14(20-13)15(18)19-3)16(2)10-11-17-8-4-5-9-17/h6-7,12H,4-5,8-11H2,1-3H3. The van der Waals surface area contributed by atoms with Gasteiger partial charge in [-0.25, -0.2) is 4.79 Å². The zero-order valence-corrected chi connectivity index (χ0v) is 12.6. The highest BCUT2D eigenvalue weighted by Gasteiger charge is 2.19. The van der Waals surface area contributed by atoms with Crippen LogP contribution in [-0.4, -0.2) is 56.1 Å². The molecule has 0 aromatic carbocycles. The van der Waals surface area contributed by atoms with Crippen molar-refractivity contribution >= 4 is 5.97 Å². The highest BCUT2D eigenvalue weighted by molar-refractivity contribution is 5.86. The maximum atomic E-state index is 11.4. The van der Waals surface area contributed by atoms with E-state index < -0.39 is 5.97 Å². The zero-order valence-electron chi connectivity index (χ0n) is 12.6. The van der Waals surface area contributed by atoms with Gasteiger partial charge in [0.25, 0.3) is 0 Å². The van der Waals surface area contributed by atoms with E-state index in [1.807, 2.05) is 6.07 Å². The summed E-state index contributed by atoms with van der Waals surface area (Å²) in [5.41, 5.74) is 0. The zero-order chi connectivity index (χ0) is 14.5. The summed E-state index contributed by atoms with van der Waals surface area (Å²) in [6.45, 7) is 6.61. The van der Waals surface area contributed by atoms with Gasteiger partial charge in [-0.15, -0.1) is 0 Å².